The van der Waals surface area contributed by atoms with Crippen LogP contribution in [0, 0.1) is 5.92 Å². The third-order valence-electron chi connectivity index (χ3n) is 8.13. The molecule has 0 aromatic carbocycles. The monoisotopic (exact) mass is 445 g/mol. The fraction of sp³-hybridized carbons (Fsp3) is 0.917. The van der Waals surface area contributed by atoms with Crippen LogP contribution in [0.2, 0.25) is 0 Å². The van der Waals surface area contributed by atoms with Crippen LogP contribution in [-0.2, 0) is 10.3 Å². The maximum absolute atomic E-state index is 12.6. The zero-order chi connectivity index (χ0) is 22.6. The molecule has 1 aromatic rings. The number of likely N-dealkylation sites (tertiary alicyclic amines) is 2. The average Bonchev–Trinajstić information content (AvgIpc) is 3.51. The molecule has 1 N–H and O–H groups in total. The van der Waals surface area contributed by atoms with E-state index in [4.69, 9.17) is 0 Å². The Bertz CT molecular complexity index is 736. The molecular weight excluding hydrogens is 402 g/mol. The summed E-state index contributed by atoms with van der Waals surface area (Å²) < 4.78 is 2.10. The lowest BCUT2D eigenvalue weighted by Gasteiger charge is -2.43. The van der Waals surface area contributed by atoms with E-state index in [2.05, 4.69) is 44.3 Å². The number of tetrazole rings is 1. The van der Waals surface area contributed by atoms with Crippen LogP contribution < -0.4 is 5.32 Å². The molecule has 3 aliphatic rings. The number of nitrogens with zero attached hydrogens (tertiary/aromatic N) is 6. The van der Waals surface area contributed by atoms with Crippen molar-refractivity contribution in [3.8, 4) is 0 Å². The topological polar surface area (TPSA) is 79.2 Å². The van der Waals surface area contributed by atoms with Gasteiger partial charge < -0.3 is 15.1 Å². The van der Waals surface area contributed by atoms with Crippen molar-refractivity contribution in [2.24, 2.45) is 5.92 Å². The first kappa shape index (κ1) is 23.6. The van der Waals surface area contributed by atoms with Crippen molar-refractivity contribution in [3.05, 3.63) is 5.82 Å². The van der Waals surface area contributed by atoms with E-state index < -0.39 is 0 Å². The van der Waals surface area contributed by atoms with E-state index in [0.29, 0.717) is 25.0 Å². The van der Waals surface area contributed by atoms with E-state index in [1.165, 1.54) is 45.2 Å². The summed E-state index contributed by atoms with van der Waals surface area (Å²) in [6.07, 6.45) is 11.1. The van der Waals surface area contributed by atoms with Gasteiger partial charge in [-0.1, -0.05) is 19.8 Å². The van der Waals surface area contributed by atoms with Gasteiger partial charge in [-0.3, -0.25) is 4.79 Å². The molecule has 8 nitrogen and oxygen atoms in total. The molecule has 0 radical (unpaired) electrons. The van der Waals surface area contributed by atoms with Crippen LogP contribution in [-0.4, -0.2) is 74.7 Å². The third-order valence-corrected chi connectivity index (χ3v) is 8.13. The molecule has 0 bridgehead atoms. The van der Waals surface area contributed by atoms with Gasteiger partial charge in [0.1, 0.15) is 0 Å². The smallest absolute Gasteiger partial charge is 0.222 e. The van der Waals surface area contributed by atoms with Crippen molar-refractivity contribution in [2.75, 3.05) is 32.7 Å². The van der Waals surface area contributed by atoms with Gasteiger partial charge in [0.05, 0.1) is 11.6 Å². The van der Waals surface area contributed by atoms with Gasteiger partial charge in [-0.2, -0.15) is 0 Å². The minimum Gasteiger partial charge on any atom is -0.340 e. The number of amides is 1. The van der Waals surface area contributed by atoms with Crippen LogP contribution >= 0.6 is 0 Å². The summed E-state index contributed by atoms with van der Waals surface area (Å²) >= 11 is 0. The molecule has 1 unspecified atom stereocenters. The summed E-state index contributed by atoms with van der Waals surface area (Å²) in [5, 5.41) is 17.0. The van der Waals surface area contributed by atoms with Gasteiger partial charge in [-0.25, -0.2) is 4.68 Å². The van der Waals surface area contributed by atoms with Gasteiger partial charge in [0.15, 0.2) is 5.82 Å². The molecule has 1 aromatic heterocycles. The lowest BCUT2D eigenvalue weighted by molar-refractivity contribution is -0.133. The van der Waals surface area contributed by atoms with Gasteiger partial charge in [-0.15, -0.1) is 5.10 Å². The summed E-state index contributed by atoms with van der Waals surface area (Å²) in [6, 6.07) is 1.05. The maximum Gasteiger partial charge on any atom is 0.222 e. The largest absolute Gasteiger partial charge is 0.340 e. The standard InChI is InChI=1S/C24H43N7O/c1-4-22(32)30-15-7-13-24(18-30,23-26-27-28-31(23)21-8-5-6-9-21)25-14-10-20-11-16-29(17-12-20)19(2)3/h19-21,25H,4-18H2,1-3H3. The second kappa shape index (κ2) is 10.6. The van der Waals surface area contributed by atoms with Crippen molar-refractivity contribution in [2.45, 2.75) is 103 Å². The van der Waals surface area contributed by atoms with Crippen molar-refractivity contribution in [1.29, 1.82) is 0 Å². The van der Waals surface area contributed by atoms with Gasteiger partial charge in [0.2, 0.25) is 5.91 Å². The Labute approximate surface area is 193 Å². The molecule has 1 saturated carbocycles. The molecule has 8 heteroatoms. The number of carbonyl (C=O) groups is 1. The first-order valence-electron chi connectivity index (χ1n) is 13.1. The molecule has 2 saturated heterocycles. The zero-order valence-corrected chi connectivity index (χ0v) is 20.4. The number of hydrogen-bond acceptors (Lipinski definition) is 6. The molecule has 1 amide bonds. The highest BCUT2D eigenvalue weighted by atomic mass is 16.2. The summed E-state index contributed by atoms with van der Waals surface area (Å²) in [5.74, 6) is 1.96. The van der Waals surface area contributed by atoms with E-state index in [9.17, 15) is 4.79 Å². The average molecular weight is 446 g/mol. The van der Waals surface area contributed by atoms with E-state index in [0.717, 1.165) is 50.5 Å². The lowest BCUT2D eigenvalue weighted by atomic mass is 9.86. The van der Waals surface area contributed by atoms with E-state index in [-0.39, 0.29) is 11.4 Å². The Morgan fingerprint density at radius 1 is 1.12 bits per heavy atom. The second-order valence-corrected chi connectivity index (χ2v) is 10.5. The van der Waals surface area contributed by atoms with Crippen molar-refractivity contribution in [3.63, 3.8) is 0 Å². The van der Waals surface area contributed by atoms with E-state index >= 15 is 0 Å². The Balaban J connectivity index is 1.47. The Morgan fingerprint density at radius 2 is 1.88 bits per heavy atom. The van der Waals surface area contributed by atoms with Crippen molar-refractivity contribution < 1.29 is 4.79 Å². The Morgan fingerprint density at radius 3 is 2.56 bits per heavy atom. The van der Waals surface area contributed by atoms with Crippen molar-refractivity contribution >= 4 is 5.91 Å². The molecule has 1 atom stereocenters. The molecule has 4 rings (SSSR count). The second-order valence-electron chi connectivity index (χ2n) is 10.5. The highest BCUT2D eigenvalue weighted by molar-refractivity contribution is 5.76. The number of aromatic nitrogens is 4. The van der Waals surface area contributed by atoms with Gasteiger partial charge in [0, 0.05) is 25.6 Å². The molecule has 2 aliphatic heterocycles. The summed E-state index contributed by atoms with van der Waals surface area (Å²) in [7, 11) is 0. The number of rotatable bonds is 8. The number of carbonyl (C=O) groups excluding carboxylic acids is 1. The van der Waals surface area contributed by atoms with Crippen LogP contribution in [0.15, 0.2) is 0 Å². The molecule has 32 heavy (non-hydrogen) atoms. The third kappa shape index (κ3) is 5.16. The van der Waals surface area contributed by atoms with Gasteiger partial charge in [-0.05, 0) is 94.8 Å². The molecule has 180 valence electrons. The highest BCUT2D eigenvalue weighted by Crippen LogP contribution is 2.36. The fourth-order valence-corrected chi connectivity index (χ4v) is 6.07. The number of nitrogens with one attached hydrogen (secondary N) is 1. The quantitative estimate of drug-likeness (QED) is 0.662. The number of piperidine rings is 2. The minimum atomic E-state index is -0.339. The van der Waals surface area contributed by atoms with Crippen LogP contribution in [0.1, 0.15) is 96.8 Å². The van der Waals surface area contributed by atoms with Gasteiger partial charge in [0.25, 0.3) is 0 Å². The zero-order valence-electron chi connectivity index (χ0n) is 20.4. The molecule has 3 heterocycles. The molecular formula is C24H43N7O. The summed E-state index contributed by atoms with van der Waals surface area (Å²) in [6.45, 7) is 11.5. The maximum atomic E-state index is 12.6. The summed E-state index contributed by atoms with van der Waals surface area (Å²) in [4.78, 5) is 17.2. The predicted molar refractivity (Wildman–Crippen MR) is 125 cm³/mol. The van der Waals surface area contributed by atoms with Crippen LogP contribution in [0.5, 0.6) is 0 Å². The molecule has 1 aliphatic carbocycles. The predicted octanol–water partition coefficient (Wildman–Crippen LogP) is 3.12. The molecule has 0 spiro atoms. The van der Waals surface area contributed by atoms with Crippen LogP contribution in [0.25, 0.3) is 0 Å². The molecule has 3 fully saturated rings. The normalized spacial score (nSPS) is 26.3. The van der Waals surface area contributed by atoms with E-state index in [1.807, 2.05) is 11.8 Å². The lowest BCUT2D eigenvalue weighted by Crippen LogP contribution is -2.57. The van der Waals surface area contributed by atoms with Crippen LogP contribution in [0.3, 0.4) is 0 Å². The van der Waals surface area contributed by atoms with Gasteiger partial charge >= 0.3 is 0 Å². The Kier molecular flexibility index (Phi) is 7.82. The number of hydrogen-bond donors (Lipinski definition) is 1. The Hall–Kier alpha value is -1.54. The summed E-state index contributed by atoms with van der Waals surface area (Å²) in [5.41, 5.74) is -0.339. The fourth-order valence-electron chi connectivity index (χ4n) is 6.07. The van der Waals surface area contributed by atoms with Crippen molar-refractivity contribution in [1.82, 2.24) is 35.3 Å². The minimum absolute atomic E-state index is 0.233. The first-order valence-corrected chi connectivity index (χ1v) is 13.1. The first-order chi connectivity index (χ1) is 15.5. The van der Waals surface area contributed by atoms with Crippen LogP contribution in [0.4, 0.5) is 0 Å². The SMILES string of the molecule is CCC(=O)N1CCCC(NCCC2CCN(C(C)C)CC2)(c2nnnn2C2CCCC2)C1. The van der Waals surface area contributed by atoms with E-state index in [1.54, 1.807) is 0 Å². The highest BCUT2D eigenvalue weighted by Gasteiger charge is 2.43.